The SMILES string of the molecule is NC(=S)c1ccnc(NC2CCSC2)n1. The van der Waals surface area contributed by atoms with E-state index in [9.17, 15) is 0 Å². The number of nitrogens with one attached hydrogen (secondary N) is 1. The number of thioether (sulfide) groups is 1. The first kappa shape index (κ1) is 10.6. The van der Waals surface area contributed by atoms with Gasteiger partial charge in [0, 0.05) is 18.0 Å². The number of aromatic nitrogens is 2. The maximum atomic E-state index is 5.50. The van der Waals surface area contributed by atoms with Crippen molar-refractivity contribution in [3.05, 3.63) is 18.0 Å². The Kier molecular flexibility index (Phi) is 3.37. The highest BCUT2D eigenvalue weighted by atomic mass is 32.2. The van der Waals surface area contributed by atoms with E-state index < -0.39 is 0 Å². The summed E-state index contributed by atoms with van der Waals surface area (Å²) in [5.74, 6) is 2.93. The maximum Gasteiger partial charge on any atom is 0.223 e. The largest absolute Gasteiger partial charge is 0.388 e. The van der Waals surface area contributed by atoms with E-state index in [4.69, 9.17) is 18.0 Å². The van der Waals surface area contributed by atoms with Gasteiger partial charge in [0.2, 0.25) is 5.95 Å². The molecule has 0 aliphatic carbocycles. The number of rotatable bonds is 3. The van der Waals surface area contributed by atoms with Crippen LogP contribution in [0.15, 0.2) is 12.3 Å². The van der Waals surface area contributed by atoms with Gasteiger partial charge in [-0.2, -0.15) is 11.8 Å². The van der Waals surface area contributed by atoms with Crippen LogP contribution in [-0.4, -0.2) is 32.5 Å². The molecule has 1 aromatic heterocycles. The molecule has 0 bridgehead atoms. The molecule has 3 N–H and O–H groups in total. The lowest BCUT2D eigenvalue weighted by Crippen LogP contribution is -2.21. The minimum atomic E-state index is 0.307. The lowest BCUT2D eigenvalue weighted by molar-refractivity contribution is 0.798. The van der Waals surface area contributed by atoms with Gasteiger partial charge in [-0.1, -0.05) is 12.2 Å². The van der Waals surface area contributed by atoms with Crippen molar-refractivity contribution in [3.8, 4) is 0 Å². The van der Waals surface area contributed by atoms with Gasteiger partial charge in [0.15, 0.2) is 0 Å². The monoisotopic (exact) mass is 240 g/mol. The van der Waals surface area contributed by atoms with Crippen LogP contribution in [0, 0.1) is 0 Å². The van der Waals surface area contributed by atoms with Gasteiger partial charge in [-0.25, -0.2) is 9.97 Å². The van der Waals surface area contributed by atoms with Crippen molar-refractivity contribution < 1.29 is 0 Å². The number of nitrogens with zero attached hydrogens (tertiary/aromatic N) is 2. The Balaban J connectivity index is 2.07. The highest BCUT2D eigenvalue weighted by Crippen LogP contribution is 2.19. The zero-order valence-electron chi connectivity index (χ0n) is 8.14. The summed E-state index contributed by atoms with van der Waals surface area (Å²) in [6, 6.07) is 2.19. The van der Waals surface area contributed by atoms with Crippen molar-refractivity contribution in [2.45, 2.75) is 12.5 Å². The van der Waals surface area contributed by atoms with Crippen LogP contribution < -0.4 is 11.1 Å². The van der Waals surface area contributed by atoms with E-state index >= 15 is 0 Å². The average Bonchev–Trinajstić information content (AvgIpc) is 2.71. The Morgan fingerprint density at radius 2 is 2.53 bits per heavy atom. The first-order chi connectivity index (χ1) is 7.25. The van der Waals surface area contributed by atoms with E-state index in [-0.39, 0.29) is 0 Å². The van der Waals surface area contributed by atoms with Crippen molar-refractivity contribution in [1.82, 2.24) is 9.97 Å². The van der Waals surface area contributed by atoms with Gasteiger partial charge >= 0.3 is 0 Å². The van der Waals surface area contributed by atoms with Crippen molar-refractivity contribution in [2.24, 2.45) is 5.73 Å². The minimum absolute atomic E-state index is 0.307. The van der Waals surface area contributed by atoms with Crippen LogP contribution in [0.1, 0.15) is 12.1 Å². The summed E-state index contributed by atoms with van der Waals surface area (Å²) in [4.78, 5) is 8.68. The third kappa shape index (κ3) is 2.79. The van der Waals surface area contributed by atoms with Gasteiger partial charge < -0.3 is 11.1 Å². The molecule has 15 heavy (non-hydrogen) atoms. The Bertz CT molecular complexity index is 363. The van der Waals surface area contributed by atoms with E-state index in [1.54, 1.807) is 12.3 Å². The van der Waals surface area contributed by atoms with Crippen molar-refractivity contribution in [1.29, 1.82) is 0 Å². The number of thiocarbonyl (C=S) groups is 1. The van der Waals surface area contributed by atoms with E-state index in [0.29, 0.717) is 22.7 Å². The van der Waals surface area contributed by atoms with Crippen LogP contribution in [0.5, 0.6) is 0 Å². The fourth-order valence-corrected chi connectivity index (χ4v) is 2.66. The Hall–Kier alpha value is -0.880. The predicted octanol–water partition coefficient (Wildman–Crippen LogP) is 1.03. The number of anilines is 1. The molecule has 0 amide bonds. The standard InChI is InChI=1S/C9H12N4S2/c10-8(14)7-1-3-11-9(13-7)12-6-2-4-15-5-6/h1,3,6H,2,4-5H2,(H2,10,14)(H,11,12,13). The molecule has 1 aromatic rings. The molecule has 1 aliphatic rings. The Labute approximate surface area is 98.1 Å². The van der Waals surface area contributed by atoms with E-state index in [0.717, 1.165) is 12.2 Å². The van der Waals surface area contributed by atoms with Crippen LogP contribution in [-0.2, 0) is 0 Å². The van der Waals surface area contributed by atoms with Crippen LogP contribution in [0.2, 0.25) is 0 Å². The third-order valence-corrected chi connectivity index (χ3v) is 3.54. The van der Waals surface area contributed by atoms with E-state index in [1.807, 2.05) is 11.8 Å². The van der Waals surface area contributed by atoms with Crippen molar-refractivity contribution in [2.75, 3.05) is 16.8 Å². The summed E-state index contributed by atoms with van der Waals surface area (Å²) in [5.41, 5.74) is 6.12. The maximum absolute atomic E-state index is 5.50. The molecule has 6 heteroatoms. The van der Waals surface area contributed by atoms with Crippen LogP contribution >= 0.6 is 24.0 Å². The quantitative estimate of drug-likeness (QED) is 0.769. The average molecular weight is 240 g/mol. The fourth-order valence-electron chi connectivity index (χ4n) is 1.40. The molecule has 4 nitrogen and oxygen atoms in total. The number of hydrogen-bond acceptors (Lipinski definition) is 5. The smallest absolute Gasteiger partial charge is 0.223 e. The van der Waals surface area contributed by atoms with Gasteiger partial charge in [0.25, 0.3) is 0 Å². The highest BCUT2D eigenvalue weighted by Gasteiger charge is 2.16. The number of nitrogens with two attached hydrogens (primary N) is 1. The van der Waals surface area contributed by atoms with Gasteiger partial charge in [-0.05, 0) is 18.2 Å². The van der Waals surface area contributed by atoms with E-state index in [1.165, 1.54) is 5.75 Å². The molecule has 2 heterocycles. The molecule has 1 aliphatic heterocycles. The summed E-state index contributed by atoms with van der Waals surface area (Å²) in [6.45, 7) is 0. The first-order valence-corrected chi connectivity index (χ1v) is 6.29. The molecule has 1 unspecified atom stereocenters. The van der Waals surface area contributed by atoms with Gasteiger partial charge in [0.1, 0.15) is 10.7 Å². The summed E-state index contributed by atoms with van der Waals surface area (Å²) in [5, 5.41) is 3.28. The lowest BCUT2D eigenvalue weighted by Gasteiger charge is -2.11. The van der Waals surface area contributed by atoms with Crippen LogP contribution in [0.25, 0.3) is 0 Å². The minimum Gasteiger partial charge on any atom is -0.388 e. The Morgan fingerprint density at radius 3 is 3.20 bits per heavy atom. The van der Waals surface area contributed by atoms with Gasteiger partial charge in [-0.15, -0.1) is 0 Å². The third-order valence-electron chi connectivity index (χ3n) is 2.17. The second kappa shape index (κ2) is 4.76. The summed E-state index contributed by atoms with van der Waals surface area (Å²) < 4.78 is 0. The van der Waals surface area contributed by atoms with Crippen LogP contribution in [0.4, 0.5) is 5.95 Å². The molecule has 0 saturated carbocycles. The Morgan fingerprint density at radius 1 is 1.67 bits per heavy atom. The lowest BCUT2D eigenvalue weighted by atomic mass is 10.3. The zero-order chi connectivity index (χ0) is 10.7. The fraction of sp³-hybridized carbons (Fsp3) is 0.444. The van der Waals surface area contributed by atoms with Crippen molar-refractivity contribution >= 4 is 34.9 Å². The molecule has 0 aromatic carbocycles. The highest BCUT2D eigenvalue weighted by molar-refractivity contribution is 7.99. The molecule has 1 atom stereocenters. The number of hydrogen-bond donors (Lipinski definition) is 2. The summed E-state index contributed by atoms with van der Waals surface area (Å²) in [6.07, 6.45) is 2.83. The molecule has 0 radical (unpaired) electrons. The molecule has 2 rings (SSSR count). The predicted molar refractivity (Wildman–Crippen MR) is 67.3 cm³/mol. The van der Waals surface area contributed by atoms with Gasteiger partial charge in [-0.3, -0.25) is 0 Å². The molecule has 0 spiro atoms. The normalized spacial score (nSPS) is 20.1. The molecule has 80 valence electrons. The second-order valence-corrected chi connectivity index (χ2v) is 4.92. The summed E-state index contributed by atoms with van der Waals surface area (Å²) >= 11 is 6.80. The molecular weight excluding hydrogens is 228 g/mol. The molecule has 1 fully saturated rings. The molecular formula is C9H12N4S2. The topological polar surface area (TPSA) is 63.8 Å². The van der Waals surface area contributed by atoms with Gasteiger partial charge in [0.05, 0.1) is 0 Å². The van der Waals surface area contributed by atoms with Crippen molar-refractivity contribution in [3.63, 3.8) is 0 Å². The molecule has 1 saturated heterocycles. The van der Waals surface area contributed by atoms with Crippen LogP contribution in [0.3, 0.4) is 0 Å². The second-order valence-electron chi connectivity index (χ2n) is 3.33. The first-order valence-electron chi connectivity index (χ1n) is 4.73. The summed E-state index contributed by atoms with van der Waals surface area (Å²) in [7, 11) is 0. The zero-order valence-corrected chi connectivity index (χ0v) is 9.77. The van der Waals surface area contributed by atoms with E-state index in [2.05, 4.69) is 15.3 Å².